The molecule has 0 radical (unpaired) electrons. The van der Waals surface area contributed by atoms with E-state index >= 15 is 0 Å². The molecule has 28 heavy (non-hydrogen) atoms. The third kappa shape index (κ3) is 3.73. The molecule has 0 aliphatic carbocycles. The minimum absolute atomic E-state index is 0.00461. The third-order valence-corrected chi connectivity index (χ3v) is 6.05. The second-order valence-electron chi connectivity index (χ2n) is 7.00. The van der Waals surface area contributed by atoms with Gasteiger partial charge in [0.25, 0.3) is 5.91 Å². The van der Waals surface area contributed by atoms with Crippen LogP contribution in [-0.2, 0) is 4.79 Å². The van der Waals surface area contributed by atoms with Gasteiger partial charge >= 0.3 is 0 Å². The topological polar surface area (TPSA) is 43.9 Å². The van der Waals surface area contributed by atoms with Crippen LogP contribution in [0.3, 0.4) is 0 Å². The molecule has 2 amide bonds. The summed E-state index contributed by atoms with van der Waals surface area (Å²) in [6.45, 7) is 3.04. The van der Waals surface area contributed by atoms with Gasteiger partial charge in [-0.1, -0.05) is 42.5 Å². The highest BCUT2D eigenvalue weighted by atomic mass is 32.1. The van der Waals surface area contributed by atoms with Crippen LogP contribution in [0.1, 0.15) is 9.67 Å². The van der Waals surface area contributed by atoms with E-state index in [1.807, 2.05) is 16.3 Å². The van der Waals surface area contributed by atoms with Gasteiger partial charge < -0.3 is 14.7 Å². The summed E-state index contributed by atoms with van der Waals surface area (Å²) in [6, 6.07) is 18.4. The number of benzene rings is 2. The summed E-state index contributed by atoms with van der Waals surface area (Å²) >= 11 is 1.40. The third-order valence-electron chi connectivity index (χ3n) is 5.19. The van der Waals surface area contributed by atoms with Crippen LogP contribution in [0.2, 0.25) is 0 Å². The fourth-order valence-corrected chi connectivity index (χ4v) is 4.36. The first kappa shape index (κ1) is 18.5. The number of thiophene rings is 1. The van der Waals surface area contributed by atoms with Crippen LogP contribution in [0.5, 0.6) is 0 Å². The molecule has 3 aromatic rings. The van der Waals surface area contributed by atoms with Crippen LogP contribution in [-0.4, -0.2) is 61.4 Å². The van der Waals surface area contributed by atoms with E-state index in [2.05, 4.69) is 47.4 Å². The molecule has 0 atom stereocenters. The molecule has 0 unspecified atom stereocenters. The van der Waals surface area contributed by atoms with Crippen LogP contribution in [0.25, 0.3) is 10.8 Å². The number of anilines is 1. The second kappa shape index (κ2) is 8.02. The SMILES string of the molecule is CN(CC(=O)N1CCN(c2cccc3ccccc23)CC1)C(=O)c1cccs1. The van der Waals surface area contributed by atoms with Crippen molar-refractivity contribution >= 4 is 39.6 Å². The first-order valence-electron chi connectivity index (χ1n) is 9.43. The van der Waals surface area contributed by atoms with Crippen LogP contribution in [0.15, 0.2) is 60.0 Å². The van der Waals surface area contributed by atoms with Gasteiger partial charge in [0.15, 0.2) is 0 Å². The van der Waals surface area contributed by atoms with Crippen LogP contribution in [0.4, 0.5) is 5.69 Å². The number of likely N-dealkylation sites (N-methyl/N-ethyl adjacent to an activating group) is 1. The first-order valence-corrected chi connectivity index (χ1v) is 10.3. The minimum Gasteiger partial charge on any atom is -0.367 e. The molecular formula is C22H23N3O2S. The smallest absolute Gasteiger partial charge is 0.264 e. The van der Waals surface area contributed by atoms with E-state index in [4.69, 9.17) is 0 Å². The van der Waals surface area contributed by atoms with Crippen molar-refractivity contribution in [3.05, 3.63) is 64.9 Å². The molecule has 0 bridgehead atoms. The number of hydrogen-bond acceptors (Lipinski definition) is 4. The molecule has 0 spiro atoms. The van der Waals surface area contributed by atoms with Gasteiger partial charge in [0.05, 0.1) is 11.4 Å². The lowest BCUT2D eigenvalue weighted by Gasteiger charge is -2.37. The Bertz CT molecular complexity index is 973. The van der Waals surface area contributed by atoms with Crippen molar-refractivity contribution in [2.24, 2.45) is 0 Å². The van der Waals surface area contributed by atoms with E-state index in [9.17, 15) is 9.59 Å². The summed E-state index contributed by atoms with van der Waals surface area (Å²) in [4.78, 5) is 31.4. The van der Waals surface area contributed by atoms with E-state index in [0.29, 0.717) is 18.0 Å². The first-order chi connectivity index (χ1) is 13.6. The molecule has 1 saturated heterocycles. The molecule has 4 rings (SSSR count). The van der Waals surface area contributed by atoms with E-state index in [1.165, 1.54) is 32.7 Å². The average Bonchev–Trinajstić information content (AvgIpc) is 3.27. The Morgan fingerprint density at radius 2 is 1.71 bits per heavy atom. The van der Waals surface area contributed by atoms with Crippen molar-refractivity contribution in [2.45, 2.75) is 0 Å². The van der Waals surface area contributed by atoms with Crippen molar-refractivity contribution in [2.75, 3.05) is 44.7 Å². The fourth-order valence-electron chi connectivity index (χ4n) is 3.64. The monoisotopic (exact) mass is 393 g/mol. The Morgan fingerprint density at radius 1 is 0.964 bits per heavy atom. The quantitative estimate of drug-likeness (QED) is 0.683. The molecule has 144 valence electrons. The number of carbonyl (C=O) groups excluding carboxylic acids is 2. The molecule has 5 nitrogen and oxygen atoms in total. The minimum atomic E-state index is -0.0993. The maximum atomic E-state index is 12.7. The van der Waals surface area contributed by atoms with Gasteiger partial charge in [0.1, 0.15) is 0 Å². The second-order valence-corrected chi connectivity index (χ2v) is 7.95. The van der Waals surface area contributed by atoms with E-state index < -0.39 is 0 Å². The summed E-state index contributed by atoms with van der Waals surface area (Å²) < 4.78 is 0. The van der Waals surface area contributed by atoms with Crippen molar-refractivity contribution < 1.29 is 9.59 Å². The molecule has 1 fully saturated rings. The summed E-state index contributed by atoms with van der Waals surface area (Å²) in [5, 5.41) is 4.34. The number of amides is 2. The maximum absolute atomic E-state index is 12.7. The van der Waals surface area contributed by atoms with Crippen LogP contribution in [0, 0.1) is 0 Å². The van der Waals surface area contributed by atoms with Crippen molar-refractivity contribution in [3.63, 3.8) is 0 Å². The Labute approximate surface area is 168 Å². The molecule has 0 saturated carbocycles. The normalized spacial score (nSPS) is 14.3. The molecule has 1 aliphatic heterocycles. The van der Waals surface area contributed by atoms with Crippen LogP contribution >= 0.6 is 11.3 Å². The summed E-state index contributed by atoms with van der Waals surface area (Å²) in [6.07, 6.45) is 0. The van der Waals surface area contributed by atoms with Crippen molar-refractivity contribution in [3.8, 4) is 0 Å². The van der Waals surface area contributed by atoms with E-state index in [-0.39, 0.29) is 18.4 Å². The lowest BCUT2D eigenvalue weighted by Crippen LogP contribution is -2.51. The zero-order chi connectivity index (χ0) is 19.5. The molecule has 2 aromatic carbocycles. The lowest BCUT2D eigenvalue weighted by molar-refractivity contribution is -0.131. The van der Waals surface area contributed by atoms with Crippen molar-refractivity contribution in [1.29, 1.82) is 0 Å². The number of nitrogens with zero attached hydrogens (tertiary/aromatic N) is 3. The highest BCUT2D eigenvalue weighted by Gasteiger charge is 2.24. The molecule has 0 N–H and O–H groups in total. The predicted octanol–water partition coefficient (Wildman–Crippen LogP) is 3.32. The molecule has 6 heteroatoms. The largest absolute Gasteiger partial charge is 0.367 e. The summed E-state index contributed by atoms with van der Waals surface area (Å²) in [7, 11) is 1.69. The zero-order valence-corrected chi connectivity index (χ0v) is 16.7. The standard InChI is InChI=1S/C22H23N3O2S/c1-23(22(27)20-10-5-15-28-20)16-21(26)25-13-11-24(12-14-25)19-9-4-7-17-6-2-3-8-18(17)19/h2-10,15H,11-14,16H2,1H3. The van der Waals surface area contributed by atoms with Gasteiger partial charge in [0.2, 0.25) is 5.91 Å². The van der Waals surface area contributed by atoms with Gasteiger partial charge in [-0.3, -0.25) is 9.59 Å². The Morgan fingerprint density at radius 3 is 2.46 bits per heavy atom. The predicted molar refractivity (Wildman–Crippen MR) is 114 cm³/mol. The highest BCUT2D eigenvalue weighted by molar-refractivity contribution is 7.12. The van der Waals surface area contributed by atoms with E-state index in [0.717, 1.165) is 13.1 Å². The van der Waals surface area contributed by atoms with Gasteiger partial charge in [-0.05, 0) is 22.9 Å². The Balaban J connectivity index is 1.37. The molecule has 1 aromatic heterocycles. The van der Waals surface area contributed by atoms with Gasteiger partial charge in [-0.25, -0.2) is 0 Å². The number of hydrogen-bond donors (Lipinski definition) is 0. The number of carbonyl (C=O) groups is 2. The summed E-state index contributed by atoms with van der Waals surface area (Å²) in [5.74, 6) is -0.0947. The molecule has 1 aliphatic rings. The number of rotatable bonds is 4. The number of piperazine rings is 1. The van der Waals surface area contributed by atoms with Gasteiger partial charge in [-0.2, -0.15) is 0 Å². The van der Waals surface area contributed by atoms with Gasteiger partial charge in [-0.15, -0.1) is 11.3 Å². The molecular weight excluding hydrogens is 370 g/mol. The van der Waals surface area contributed by atoms with Gasteiger partial charge in [0, 0.05) is 44.3 Å². The lowest BCUT2D eigenvalue weighted by atomic mass is 10.1. The number of fused-ring (bicyclic) bond motifs is 1. The van der Waals surface area contributed by atoms with E-state index in [1.54, 1.807) is 13.1 Å². The van der Waals surface area contributed by atoms with Crippen LogP contribution < -0.4 is 4.90 Å². The summed E-state index contributed by atoms with van der Waals surface area (Å²) in [5.41, 5.74) is 1.22. The highest BCUT2D eigenvalue weighted by Crippen LogP contribution is 2.27. The zero-order valence-electron chi connectivity index (χ0n) is 15.9. The Hall–Kier alpha value is -2.86. The Kier molecular flexibility index (Phi) is 5.30. The molecule has 2 heterocycles. The maximum Gasteiger partial charge on any atom is 0.264 e. The fraction of sp³-hybridized carbons (Fsp3) is 0.273. The van der Waals surface area contributed by atoms with Crippen molar-refractivity contribution in [1.82, 2.24) is 9.80 Å². The average molecular weight is 394 g/mol.